The van der Waals surface area contributed by atoms with Gasteiger partial charge in [0.05, 0.1) is 5.69 Å². The second-order valence-corrected chi connectivity index (χ2v) is 4.32. The number of aromatic nitrogens is 2. The molecule has 1 N–H and O–H groups in total. The summed E-state index contributed by atoms with van der Waals surface area (Å²) < 4.78 is 15.5. The van der Waals surface area contributed by atoms with Gasteiger partial charge in [0.1, 0.15) is 5.82 Å². The lowest BCUT2D eigenvalue weighted by Crippen LogP contribution is -2.14. The van der Waals surface area contributed by atoms with E-state index in [-0.39, 0.29) is 5.82 Å². The summed E-state index contributed by atoms with van der Waals surface area (Å²) in [6, 6.07) is 7.12. The Morgan fingerprint density at radius 2 is 2.17 bits per heavy atom. The average molecular weight is 247 g/mol. The molecule has 0 radical (unpaired) electrons. The Hall–Kier alpha value is -1.68. The lowest BCUT2D eigenvalue weighted by Gasteiger charge is -2.08. The van der Waals surface area contributed by atoms with Crippen LogP contribution < -0.4 is 5.32 Å². The Balaban J connectivity index is 2.23. The number of hydrogen-bond donors (Lipinski definition) is 1. The first-order valence-electron chi connectivity index (χ1n) is 6.20. The third-order valence-corrected chi connectivity index (χ3v) is 2.90. The van der Waals surface area contributed by atoms with Crippen molar-refractivity contribution >= 4 is 0 Å². The Morgan fingerprint density at radius 3 is 2.83 bits per heavy atom. The lowest BCUT2D eigenvalue weighted by atomic mass is 10.1. The van der Waals surface area contributed by atoms with Gasteiger partial charge < -0.3 is 5.32 Å². The molecule has 0 aliphatic rings. The van der Waals surface area contributed by atoms with E-state index in [4.69, 9.17) is 0 Å². The van der Waals surface area contributed by atoms with Crippen molar-refractivity contribution in [3.8, 4) is 11.3 Å². The summed E-state index contributed by atoms with van der Waals surface area (Å²) in [6.07, 6.45) is 2.79. The standard InChI is InChI=1S/C14H18FN3/c1-3-7-16-10-12-9-11(4-5-13(12)15)14-6-8-17-18(14)2/h4-6,8-9,16H,3,7,10H2,1-2H3. The first-order valence-corrected chi connectivity index (χ1v) is 6.20. The van der Waals surface area contributed by atoms with E-state index in [2.05, 4.69) is 17.3 Å². The fourth-order valence-electron chi connectivity index (χ4n) is 1.93. The average Bonchev–Trinajstić information content (AvgIpc) is 2.78. The third-order valence-electron chi connectivity index (χ3n) is 2.90. The molecule has 2 aromatic rings. The smallest absolute Gasteiger partial charge is 0.127 e. The fraction of sp³-hybridized carbons (Fsp3) is 0.357. The molecule has 1 aromatic heterocycles. The van der Waals surface area contributed by atoms with Gasteiger partial charge in [0.2, 0.25) is 0 Å². The van der Waals surface area contributed by atoms with E-state index in [1.165, 1.54) is 6.07 Å². The highest BCUT2D eigenvalue weighted by molar-refractivity contribution is 5.60. The summed E-state index contributed by atoms with van der Waals surface area (Å²) in [7, 11) is 1.88. The zero-order chi connectivity index (χ0) is 13.0. The van der Waals surface area contributed by atoms with E-state index in [0.717, 1.165) is 24.2 Å². The van der Waals surface area contributed by atoms with Gasteiger partial charge in [-0.05, 0) is 37.2 Å². The molecule has 1 aromatic carbocycles. The fourth-order valence-corrected chi connectivity index (χ4v) is 1.93. The highest BCUT2D eigenvalue weighted by atomic mass is 19.1. The molecule has 1 heterocycles. The van der Waals surface area contributed by atoms with Crippen LogP contribution in [0.1, 0.15) is 18.9 Å². The van der Waals surface area contributed by atoms with Gasteiger partial charge >= 0.3 is 0 Å². The van der Waals surface area contributed by atoms with Crippen molar-refractivity contribution < 1.29 is 4.39 Å². The van der Waals surface area contributed by atoms with Crippen LogP contribution in [0.2, 0.25) is 0 Å². The Morgan fingerprint density at radius 1 is 1.33 bits per heavy atom. The Kier molecular flexibility index (Phi) is 4.10. The van der Waals surface area contributed by atoms with Crippen molar-refractivity contribution in [3.63, 3.8) is 0 Å². The molecular weight excluding hydrogens is 229 g/mol. The summed E-state index contributed by atoms with van der Waals surface area (Å²) in [4.78, 5) is 0. The van der Waals surface area contributed by atoms with Crippen LogP contribution >= 0.6 is 0 Å². The van der Waals surface area contributed by atoms with Gasteiger partial charge in [0.15, 0.2) is 0 Å². The maximum Gasteiger partial charge on any atom is 0.127 e. The first-order chi connectivity index (χ1) is 8.72. The van der Waals surface area contributed by atoms with Gasteiger partial charge in [0.25, 0.3) is 0 Å². The molecule has 0 aliphatic heterocycles. The minimum absolute atomic E-state index is 0.162. The largest absolute Gasteiger partial charge is 0.313 e. The van der Waals surface area contributed by atoms with Crippen LogP contribution in [0.4, 0.5) is 4.39 Å². The quantitative estimate of drug-likeness (QED) is 0.823. The number of aryl methyl sites for hydroxylation is 1. The molecule has 0 fully saturated rings. The topological polar surface area (TPSA) is 29.9 Å². The van der Waals surface area contributed by atoms with Crippen molar-refractivity contribution in [2.24, 2.45) is 7.05 Å². The van der Waals surface area contributed by atoms with E-state index >= 15 is 0 Å². The molecule has 0 aliphatic carbocycles. The van der Waals surface area contributed by atoms with Crippen molar-refractivity contribution in [2.75, 3.05) is 6.54 Å². The number of nitrogens with one attached hydrogen (secondary N) is 1. The Labute approximate surface area is 107 Å². The zero-order valence-electron chi connectivity index (χ0n) is 10.8. The van der Waals surface area contributed by atoms with E-state index in [1.54, 1.807) is 16.9 Å². The molecule has 18 heavy (non-hydrogen) atoms. The molecule has 0 spiro atoms. The maximum atomic E-state index is 13.7. The SMILES string of the molecule is CCCNCc1cc(-c2ccnn2C)ccc1F. The molecule has 0 saturated carbocycles. The monoisotopic (exact) mass is 247 g/mol. The van der Waals surface area contributed by atoms with Crippen molar-refractivity contribution in [2.45, 2.75) is 19.9 Å². The molecule has 0 atom stereocenters. The number of rotatable bonds is 5. The van der Waals surface area contributed by atoms with Gasteiger partial charge in [-0.2, -0.15) is 5.10 Å². The molecule has 2 rings (SSSR count). The van der Waals surface area contributed by atoms with Gasteiger partial charge in [-0.25, -0.2) is 4.39 Å². The molecule has 0 saturated heterocycles. The van der Waals surface area contributed by atoms with Crippen LogP contribution in [0.3, 0.4) is 0 Å². The highest BCUT2D eigenvalue weighted by Gasteiger charge is 2.07. The number of benzene rings is 1. The summed E-state index contributed by atoms with van der Waals surface area (Å²) in [5.41, 5.74) is 2.68. The normalized spacial score (nSPS) is 10.8. The molecule has 0 bridgehead atoms. The van der Waals surface area contributed by atoms with Crippen molar-refractivity contribution in [1.29, 1.82) is 0 Å². The summed E-state index contributed by atoms with van der Waals surface area (Å²) in [6.45, 7) is 3.55. The zero-order valence-corrected chi connectivity index (χ0v) is 10.8. The summed E-state index contributed by atoms with van der Waals surface area (Å²) >= 11 is 0. The maximum absolute atomic E-state index is 13.7. The molecular formula is C14H18FN3. The van der Waals surface area contributed by atoms with E-state index in [0.29, 0.717) is 12.1 Å². The molecule has 96 valence electrons. The van der Waals surface area contributed by atoms with Crippen molar-refractivity contribution in [3.05, 3.63) is 41.8 Å². The van der Waals surface area contributed by atoms with E-state index < -0.39 is 0 Å². The predicted octanol–water partition coefficient (Wildman–Crippen LogP) is 2.73. The minimum atomic E-state index is -0.162. The minimum Gasteiger partial charge on any atom is -0.313 e. The van der Waals surface area contributed by atoms with Crippen LogP contribution in [0.5, 0.6) is 0 Å². The predicted molar refractivity (Wildman–Crippen MR) is 70.6 cm³/mol. The number of hydrogen-bond acceptors (Lipinski definition) is 2. The second-order valence-electron chi connectivity index (χ2n) is 4.32. The van der Waals surface area contributed by atoms with Crippen molar-refractivity contribution in [1.82, 2.24) is 15.1 Å². The van der Waals surface area contributed by atoms with Gasteiger partial charge in [-0.15, -0.1) is 0 Å². The number of halogens is 1. The second kappa shape index (κ2) is 5.78. The Bertz CT molecular complexity index is 520. The van der Waals surface area contributed by atoms with Crippen LogP contribution in [0, 0.1) is 5.82 Å². The van der Waals surface area contributed by atoms with Gasteiger partial charge in [-0.3, -0.25) is 4.68 Å². The molecule has 0 unspecified atom stereocenters. The van der Waals surface area contributed by atoms with Crippen LogP contribution in [-0.2, 0) is 13.6 Å². The summed E-state index contributed by atoms with van der Waals surface area (Å²) in [5.74, 6) is -0.162. The highest BCUT2D eigenvalue weighted by Crippen LogP contribution is 2.21. The third kappa shape index (κ3) is 2.76. The number of nitrogens with zero attached hydrogens (tertiary/aromatic N) is 2. The lowest BCUT2D eigenvalue weighted by molar-refractivity contribution is 0.586. The van der Waals surface area contributed by atoms with Crippen LogP contribution in [0.25, 0.3) is 11.3 Å². The molecule has 4 heteroatoms. The molecule has 3 nitrogen and oxygen atoms in total. The van der Waals surface area contributed by atoms with E-state index in [9.17, 15) is 4.39 Å². The first kappa shape index (κ1) is 12.8. The molecule has 0 amide bonds. The van der Waals surface area contributed by atoms with E-state index in [1.807, 2.05) is 19.2 Å². The van der Waals surface area contributed by atoms with Crippen LogP contribution in [-0.4, -0.2) is 16.3 Å². The van der Waals surface area contributed by atoms with Crippen LogP contribution in [0.15, 0.2) is 30.5 Å². The van der Waals surface area contributed by atoms with Gasteiger partial charge in [-0.1, -0.05) is 6.92 Å². The summed E-state index contributed by atoms with van der Waals surface area (Å²) in [5, 5.41) is 7.34. The van der Waals surface area contributed by atoms with Gasteiger partial charge in [0, 0.05) is 30.9 Å².